The topological polar surface area (TPSA) is 85.0 Å². The van der Waals surface area contributed by atoms with E-state index in [1.165, 1.54) is 11.3 Å². The van der Waals surface area contributed by atoms with Gasteiger partial charge in [-0.25, -0.2) is 9.78 Å². The Morgan fingerprint density at radius 1 is 1.05 bits per heavy atom. The molecule has 2 aromatic heterocycles. The van der Waals surface area contributed by atoms with Gasteiger partial charge in [0.05, 0.1) is 23.0 Å². The maximum Gasteiger partial charge on any atom is 0.349 e. The van der Waals surface area contributed by atoms with E-state index in [9.17, 15) is 9.59 Å². The van der Waals surface area contributed by atoms with Gasteiger partial charge in [-0.2, -0.15) is 10.1 Å². The van der Waals surface area contributed by atoms with E-state index in [4.69, 9.17) is 9.15 Å². The molecule has 0 atom stereocenters. The minimum atomic E-state index is -0.743. The van der Waals surface area contributed by atoms with Gasteiger partial charge >= 0.3 is 5.63 Å². The zero-order valence-electron chi connectivity index (χ0n) is 20.6. The van der Waals surface area contributed by atoms with Crippen LogP contribution in [0.4, 0.5) is 5.13 Å². The fourth-order valence-electron chi connectivity index (χ4n) is 4.24. The van der Waals surface area contributed by atoms with E-state index >= 15 is 0 Å². The first-order valence-electron chi connectivity index (χ1n) is 12.1. The van der Waals surface area contributed by atoms with Crippen LogP contribution in [-0.2, 0) is 0 Å². The van der Waals surface area contributed by atoms with Crippen molar-refractivity contribution in [2.45, 2.75) is 6.92 Å². The number of thiazole rings is 1. The van der Waals surface area contributed by atoms with E-state index in [2.05, 4.69) is 26.0 Å². The molecule has 0 aliphatic rings. The van der Waals surface area contributed by atoms with Crippen molar-refractivity contribution in [3.05, 3.63) is 111 Å². The summed E-state index contributed by atoms with van der Waals surface area (Å²) < 4.78 is 12.9. The largest absolute Gasteiger partial charge is 0.494 e. The average Bonchev–Trinajstić information content (AvgIpc) is 3.36. The van der Waals surface area contributed by atoms with Crippen LogP contribution in [0.2, 0.25) is 0 Å². The summed E-state index contributed by atoms with van der Waals surface area (Å²) in [4.78, 5) is 31.6. The van der Waals surface area contributed by atoms with Crippen molar-refractivity contribution >= 4 is 76.5 Å². The number of carbonyl (C=O) groups is 1. The second-order valence-electron chi connectivity index (χ2n) is 8.62. The molecule has 1 amide bonds. The van der Waals surface area contributed by atoms with Crippen LogP contribution in [0.15, 0.2) is 104 Å². The molecule has 4 aromatic carbocycles. The van der Waals surface area contributed by atoms with Gasteiger partial charge in [0.2, 0.25) is 5.13 Å². The summed E-state index contributed by atoms with van der Waals surface area (Å²) in [5, 5.41) is 8.48. The Bertz CT molecular complexity index is 1950. The maximum absolute atomic E-state index is 13.9. The number of anilines is 1. The molecule has 192 valence electrons. The van der Waals surface area contributed by atoms with Gasteiger partial charge in [-0.1, -0.05) is 57.6 Å². The number of amides is 1. The highest BCUT2D eigenvalue weighted by molar-refractivity contribution is 9.10. The zero-order chi connectivity index (χ0) is 26.9. The van der Waals surface area contributed by atoms with Crippen molar-refractivity contribution in [3.8, 4) is 5.75 Å². The first-order valence-corrected chi connectivity index (χ1v) is 13.7. The molecule has 0 N–H and O–H groups in total. The second kappa shape index (κ2) is 10.4. The minimum Gasteiger partial charge on any atom is -0.494 e. The Morgan fingerprint density at radius 3 is 2.69 bits per heavy atom. The smallest absolute Gasteiger partial charge is 0.349 e. The Labute approximate surface area is 235 Å². The van der Waals surface area contributed by atoms with Crippen LogP contribution in [0.1, 0.15) is 22.8 Å². The Kier molecular flexibility index (Phi) is 6.68. The molecule has 0 saturated heterocycles. The van der Waals surface area contributed by atoms with Gasteiger partial charge < -0.3 is 9.15 Å². The summed E-state index contributed by atoms with van der Waals surface area (Å²) in [5.41, 5.74) is 0.987. The van der Waals surface area contributed by atoms with Crippen LogP contribution in [0.25, 0.3) is 32.0 Å². The van der Waals surface area contributed by atoms with Crippen molar-refractivity contribution < 1.29 is 13.9 Å². The lowest BCUT2D eigenvalue weighted by Gasteiger charge is -2.14. The van der Waals surface area contributed by atoms with Gasteiger partial charge in [-0.15, -0.1) is 0 Å². The molecule has 39 heavy (non-hydrogen) atoms. The molecule has 2 heterocycles. The van der Waals surface area contributed by atoms with Crippen molar-refractivity contribution in [3.63, 3.8) is 0 Å². The SMILES string of the molecule is CCOc1ccc(/C=N/N(C(=O)c2cc3c(ccc4ccccc43)oc2=O)c2nc3ccc(Br)cc3s2)cc1. The first-order chi connectivity index (χ1) is 19.0. The normalized spacial score (nSPS) is 11.5. The minimum absolute atomic E-state index is 0.136. The van der Waals surface area contributed by atoms with Crippen LogP contribution >= 0.6 is 27.3 Å². The van der Waals surface area contributed by atoms with Crippen LogP contribution in [0, 0.1) is 0 Å². The average molecular weight is 598 g/mol. The number of hydrogen-bond acceptors (Lipinski definition) is 7. The molecule has 0 bridgehead atoms. The maximum atomic E-state index is 13.9. The van der Waals surface area contributed by atoms with Gasteiger partial charge in [0, 0.05) is 9.86 Å². The van der Waals surface area contributed by atoms with Crippen molar-refractivity contribution in [2.75, 3.05) is 11.6 Å². The van der Waals surface area contributed by atoms with Crippen LogP contribution in [-0.4, -0.2) is 23.7 Å². The number of nitrogens with zero attached hydrogens (tertiary/aromatic N) is 3. The highest BCUT2D eigenvalue weighted by Gasteiger charge is 2.25. The van der Waals surface area contributed by atoms with Gasteiger partial charge in [0.1, 0.15) is 16.9 Å². The third-order valence-electron chi connectivity index (χ3n) is 6.10. The van der Waals surface area contributed by atoms with Gasteiger partial charge in [0.15, 0.2) is 0 Å². The van der Waals surface area contributed by atoms with Crippen LogP contribution in [0.3, 0.4) is 0 Å². The molecule has 0 aliphatic heterocycles. The Morgan fingerprint density at radius 2 is 1.87 bits per heavy atom. The first kappa shape index (κ1) is 25.0. The molecule has 6 rings (SSSR count). The van der Waals surface area contributed by atoms with Gasteiger partial charge in [-0.3, -0.25) is 4.79 Å². The van der Waals surface area contributed by atoms with E-state index < -0.39 is 11.5 Å². The Hall–Kier alpha value is -4.34. The number of fused-ring (bicyclic) bond motifs is 4. The molecule has 6 aromatic rings. The number of hydrazone groups is 1. The van der Waals surface area contributed by atoms with E-state index in [1.54, 1.807) is 18.3 Å². The predicted molar refractivity (Wildman–Crippen MR) is 159 cm³/mol. The number of carbonyl (C=O) groups excluding carboxylic acids is 1. The lowest BCUT2D eigenvalue weighted by atomic mass is 10.0. The van der Waals surface area contributed by atoms with Crippen molar-refractivity contribution in [1.29, 1.82) is 0 Å². The lowest BCUT2D eigenvalue weighted by Crippen LogP contribution is -2.30. The van der Waals surface area contributed by atoms with Gasteiger partial charge in [0.25, 0.3) is 5.91 Å². The number of ether oxygens (including phenoxy) is 1. The van der Waals surface area contributed by atoms with Crippen LogP contribution in [0.5, 0.6) is 5.75 Å². The number of halogens is 1. The summed E-state index contributed by atoms with van der Waals surface area (Å²) in [6.07, 6.45) is 1.55. The number of aromatic nitrogens is 1. The quantitative estimate of drug-likeness (QED) is 0.0864. The molecule has 0 fully saturated rings. The van der Waals surface area contributed by atoms with Crippen molar-refractivity contribution in [1.82, 2.24) is 4.98 Å². The number of hydrogen-bond donors (Lipinski definition) is 0. The molecule has 9 heteroatoms. The predicted octanol–water partition coefficient (Wildman–Crippen LogP) is 7.40. The van der Waals surface area contributed by atoms with Crippen molar-refractivity contribution in [2.24, 2.45) is 5.10 Å². The third kappa shape index (κ3) is 4.94. The fraction of sp³-hybridized carbons (Fsp3) is 0.0667. The molecular formula is C30H20BrN3O4S. The highest BCUT2D eigenvalue weighted by atomic mass is 79.9. The summed E-state index contributed by atoms with van der Waals surface area (Å²) in [6, 6.07) is 25.9. The summed E-state index contributed by atoms with van der Waals surface area (Å²) >= 11 is 4.78. The summed E-state index contributed by atoms with van der Waals surface area (Å²) in [7, 11) is 0. The molecule has 0 spiro atoms. The zero-order valence-corrected chi connectivity index (χ0v) is 23.0. The molecular weight excluding hydrogens is 578 g/mol. The summed E-state index contributed by atoms with van der Waals surface area (Å²) in [6.45, 7) is 2.48. The van der Waals surface area contributed by atoms with E-state index in [-0.39, 0.29) is 5.56 Å². The fourth-order valence-corrected chi connectivity index (χ4v) is 5.72. The molecule has 0 unspecified atom stereocenters. The highest BCUT2D eigenvalue weighted by Crippen LogP contribution is 2.32. The number of benzene rings is 4. The second-order valence-corrected chi connectivity index (χ2v) is 10.5. The molecule has 0 aliphatic carbocycles. The van der Waals surface area contributed by atoms with E-state index in [0.717, 1.165) is 36.3 Å². The van der Waals surface area contributed by atoms with Gasteiger partial charge in [-0.05, 0) is 77.9 Å². The molecule has 0 saturated carbocycles. The lowest BCUT2D eigenvalue weighted by molar-refractivity contribution is 0.0984. The van der Waals surface area contributed by atoms with E-state index in [0.29, 0.717) is 28.2 Å². The summed E-state index contributed by atoms with van der Waals surface area (Å²) in [5.74, 6) is 0.0965. The molecule has 0 radical (unpaired) electrons. The third-order valence-corrected chi connectivity index (χ3v) is 7.59. The monoisotopic (exact) mass is 597 g/mol. The van der Waals surface area contributed by atoms with Crippen LogP contribution < -0.4 is 15.4 Å². The Balaban J connectivity index is 1.47. The van der Waals surface area contributed by atoms with E-state index in [1.807, 2.05) is 79.7 Å². The standard InChI is InChI=1S/C30H20BrN3O4S/c1-2-37-21-11-7-18(8-12-21)17-32-34(30-33-25-13-10-20(31)15-27(25)39-30)28(35)24-16-23-22-6-4-3-5-19(22)9-14-26(23)38-29(24)36/h3-17H,2H2,1H3/b32-17+. The molecule has 7 nitrogen and oxygen atoms in total. The number of rotatable bonds is 6.